The molecule has 0 aliphatic rings. The first-order chi connectivity index (χ1) is 9.08. The molecule has 2 aromatic rings. The number of aromatic nitrogens is 3. The van der Waals surface area contributed by atoms with Crippen molar-refractivity contribution >= 4 is 0 Å². The molecule has 0 amide bonds. The summed E-state index contributed by atoms with van der Waals surface area (Å²) in [7, 11) is 0. The monoisotopic (exact) mass is 259 g/mol. The molecule has 102 valence electrons. The summed E-state index contributed by atoms with van der Waals surface area (Å²) in [5.74, 6) is 2.33. The number of ether oxygens (including phenoxy) is 1. The Balaban J connectivity index is 2.06. The zero-order valence-electron chi connectivity index (χ0n) is 12.1. The zero-order valence-corrected chi connectivity index (χ0v) is 12.1. The van der Waals surface area contributed by atoms with Crippen LogP contribution >= 0.6 is 0 Å². The van der Waals surface area contributed by atoms with Gasteiger partial charge in [-0.15, -0.1) is 0 Å². The van der Waals surface area contributed by atoms with Gasteiger partial charge in [-0.25, -0.2) is 9.67 Å². The Morgan fingerprint density at radius 3 is 2.79 bits per heavy atom. The standard InChI is InChI=1S/C15H21N3O/c1-11(2)8-18-15(16-10-17-18)9-19-14-7-5-6-12(3)13(14)4/h5-7,10-11H,8-9H2,1-4H3. The minimum atomic E-state index is 0.455. The van der Waals surface area contributed by atoms with Gasteiger partial charge >= 0.3 is 0 Å². The Labute approximate surface area is 114 Å². The van der Waals surface area contributed by atoms with Gasteiger partial charge in [-0.2, -0.15) is 5.10 Å². The molecule has 0 aliphatic heterocycles. The van der Waals surface area contributed by atoms with Crippen molar-refractivity contribution in [2.24, 2.45) is 5.92 Å². The lowest BCUT2D eigenvalue weighted by Crippen LogP contribution is -2.12. The first-order valence-corrected chi connectivity index (χ1v) is 6.63. The van der Waals surface area contributed by atoms with Crippen LogP contribution in [0.15, 0.2) is 24.5 Å². The Morgan fingerprint density at radius 2 is 2.05 bits per heavy atom. The van der Waals surface area contributed by atoms with E-state index in [4.69, 9.17) is 4.74 Å². The molecule has 0 aliphatic carbocycles. The van der Waals surface area contributed by atoms with Crippen LogP contribution in [-0.4, -0.2) is 14.8 Å². The van der Waals surface area contributed by atoms with Crippen molar-refractivity contribution in [2.75, 3.05) is 0 Å². The maximum atomic E-state index is 5.86. The molecular weight excluding hydrogens is 238 g/mol. The van der Waals surface area contributed by atoms with E-state index in [1.54, 1.807) is 6.33 Å². The van der Waals surface area contributed by atoms with E-state index in [1.807, 2.05) is 16.8 Å². The first kappa shape index (κ1) is 13.6. The minimum Gasteiger partial charge on any atom is -0.485 e. The lowest BCUT2D eigenvalue weighted by atomic mass is 10.1. The summed E-state index contributed by atoms with van der Waals surface area (Å²) in [5, 5.41) is 4.23. The van der Waals surface area contributed by atoms with Crippen LogP contribution in [-0.2, 0) is 13.2 Å². The second kappa shape index (κ2) is 5.87. The maximum absolute atomic E-state index is 5.86. The number of rotatable bonds is 5. The molecule has 4 nitrogen and oxygen atoms in total. The highest BCUT2D eigenvalue weighted by molar-refractivity contribution is 5.38. The van der Waals surface area contributed by atoms with Gasteiger partial charge in [0.25, 0.3) is 0 Å². The second-order valence-electron chi connectivity index (χ2n) is 5.24. The number of aryl methyl sites for hydroxylation is 1. The average molecular weight is 259 g/mol. The molecule has 0 fully saturated rings. The van der Waals surface area contributed by atoms with Crippen molar-refractivity contribution in [3.63, 3.8) is 0 Å². The van der Waals surface area contributed by atoms with Gasteiger partial charge in [0, 0.05) is 6.54 Å². The van der Waals surface area contributed by atoms with Gasteiger partial charge < -0.3 is 4.74 Å². The molecule has 0 saturated heterocycles. The fourth-order valence-electron chi connectivity index (χ4n) is 1.92. The summed E-state index contributed by atoms with van der Waals surface area (Å²) in [5.41, 5.74) is 2.42. The van der Waals surface area contributed by atoms with Gasteiger partial charge in [-0.3, -0.25) is 0 Å². The molecule has 1 heterocycles. The fraction of sp³-hybridized carbons (Fsp3) is 0.467. The third-order valence-electron chi connectivity index (χ3n) is 3.15. The van der Waals surface area contributed by atoms with Crippen molar-refractivity contribution in [3.05, 3.63) is 41.5 Å². The van der Waals surface area contributed by atoms with Gasteiger partial charge in [0.05, 0.1) is 0 Å². The van der Waals surface area contributed by atoms with E-state index >= 15 is 0 Å². The average Bonchev–Trinajstić information content (AvgIpc) is 2.78. The summed E-state index contributed by atoms with van der Waals surface area (Å²) in [6.45, 7) is 9.81. The van der Waals surface area contributed by atoms with E-state index < -0.39 is 0 Å². The molecule has 2 rings (SSSR count). The van der Waals surface area contributed by atoms with Gasteiger partial charge in [0.1, 0.15) is 18.7 Å². The Hall–Kier alpha value is -1.84. The number of hydrogen-bond acceptors (Lipinski definition) is 3. The molecule has 4 heteroatoms. The maximum Gasteiger partial charge on any atom is 0.164 e. The van der Waals surface area contributed by atoms with Crippen molar-refractivity contribution in [1.29, 1.82) is 0 Å². The number of hydrogen-bond donors (Lipinski definition) is 0. The molecule has 0 saturated carbocycles. The summed E-state index contributed by atoms with van der Waals surface area (Å²) in [6.07, 6.45) is 1.59. The van der Waals surface area contributed by atoms with E-state index in [-0.39, 0.29) is 0 Å². The Bertz CT molecular complexity index is 546. The minimum absolute atomic E-state index is 0.455. The normalized spacial score (nSPS) is 11.0. The number of benzene rings is 1. The van der Waals surface area contributed by atoms with Crippen LogP contribution in [0.4, 0.5) is 0 Å². The predicted octanol–water partition coefficient (Wildman–Crippen LogP) is 3.13. The highest BCUT2D eigenvalue weighted by Crippen LogP contribution is 2.21. The van der Waals surface area contributed by atoms with Gasteiger partial charge in [-0.05, 0) is 37.0 Å². The molecule has 0 unspecified atom stereocenters. The van der Waals surface area contributed by atoms with E-state index in [0.717, 1.165) is 18.1 Å². The van der Waals surface area contributed by atoms with Crippen LogP contribution in [0.3, 0.4) is 0 Å². The van der Waals surface area contributed by atoms with Crippen molar-refractivity contribution < 1.29 is 4.74 Å². The summed E-state index contributed by atoms with van der Waals surface area (Å²) in [6, 6.07) is 6.09. The van der Waals surface area contributed by atoms with E-state index in [1.165, 1.54) is 11.1 Å². The first-order valence-electron chi connectivity index (χ1n) is 6.63. The molecule has 19 heavy (non-hydrogen) atoms. The smallest absolute Gasteiger partial charge is 0.164 e. The van der Waals surface area contributed by atoms with E-state index in [2.05, 4.69) is 43.8 Å². The van der Waals surface area contributed by atoms with Crippen LogP contribution in [0.1, 0.15) is 30.8 Å². The summed E-state index contributed by atoms with van der Waals surface area (Å²) in [4.78, 5) is 4.26. The molecular formula is C15H21N3O. The van der Waals surface area contributed by atoms with Crippen molar-refractivity contribution in [2.45, 2.75) is 40.8 Å². The number of nitrogens with zero attached hydrogens (tertiary/aromatic N) is 3. The Morgan fingerprint density at radius 1 is 1.26 bits per heavy atom. The third kappa shape index (κ3) is 3.34. The summed E-state index contributed by atoms with van der Waals surface area (Å²) < 4.78 is 7.77. The molecule has 0 spiro atoms. The van der Waals surface area contributed by atoms with Crippen LogP contribution in [0.5, 0.6) is 5.75 Å². The largest absolute Gasteiger partial charge is 0.485 e. The third-order valence-corrected chi connectivity index (χ3v) is 3.15. The van der Waals surface area contributed by atoms with Crippen LogP contribution < -0.4 is 4.74 Å². The molecule has 0 atom stereocenters. The molecule has 0 radical (unpaired) electrons. The molecule has 0 bridgehead atoms. The fourth-order valence-corrected chi connectivity index (χ4v) is 1.92. The molecule has 1 aromatic heterocycles. The zero-order chi connectivity index (χ0) is 13.8. The van der Waals surface area contributed by atoms with Gasteiger partial charge in [0.2, 0.25) is 0 Å². The van der Waals surface area contributed by atoms with Crippen LogP contribution in [0, 0.1) is 19.8 Å². The summed E-state index contributed by atoms with van der Waals surface area (Å²) >= 11 is 0. The SMILES string of the molecule is Cc1cccc(OCc2ncnn2CC(C)C)c1C. The lowest BCUT2D eigenvalue weighted by molar-refractivity contribution is 0.280. The van der Waals surface area contributed by atoms with E-state index in [9.17, 15) is 0 Å². The lowest BCUT2D eigenvalue weighted by Gasteiger charge is -2.12. The van der Waals surface area contributed by atoms with Crippen molar-refractivity contribution in [1.82, 2.24) is 14.8 Å². The van der Waals surface area contributed by atoms with E-state index in [0.29, 0.717) is 12.5 Å². The quantitative estimate of drug-likeness (QED) is 0.828. The van der Waals surface area contributed by atoms with Crippen LogP contribution in [0.25, 0.3) is 0 Å². The van der Waals surface area contributed by atoms with Crippen molar-refractivity contribution in [3.8, 4) is 5.75 Å². The van der Waals surface area contributed by atoms with Gasteiger partial charge in [-0.1, -0.05) is 26.0 Å². The molecule has 1 aromatic carbocycles. The highest BCUT2D eigenvalue weighted by atomic mass is 16.5. The van der Waals surface area contributed by atoms with Gasteiger partial charge in [0.15, 0.2) is 5.82 Å². The Kier molecular flexibility index (Phi) is 4.20. The predicted molar refractivity (Wildman–Crippen MR) is 75.1 cm³/mol. The highest BCUT2D eigenvalue weighted by Gasteiger charge is 2.08. The van der Waals surface area contributed by atoms with Crippen LogP contribution in [0.2, 0.25) is 0 Å². The second-order valence-corrected chi connectivity index (χ2v) is 5.24. The topological polar surface area (TPSA) is 39.9 Å². The molecule has 0 N–H and O–H groups in total.